The highest BCUT2D eigenvalue weighted by Gasteiger charge is 2.13. The molecule has 0 fully saturated rings. The van der Waals surface area contributed by atoms with Crippen LogP contribution in [0.4, 0.5) is 5.69 Å². The van der Waals surface area contributed by atoms with Gasteiger partial charge in [-0.3, -0.25) is 4.72 Å². The zero-order valence-electron chi connectivity index (χ0n) is 12.1. The molecule has 0 aliphatic heterocycles. The predicted octanol–water partition coefficient (Wildman–Crippen LogP) is 3.17. The largest absolute Gasteiger partial charge is 0.317 e. The lowest BCUT2D eigenvalue weighted by molar-refractivity contribution is 0.590. The van der Waals surface area contributed by atoms with E-state index in [-0.39, 0.29) is 5.75 Å². The SMILES string of the molecule is CCCNCCCCS(=O)(=O)Nc1c(C)cccc1Cl. The van der Waals surface area contributed by atoms with Crippen molar-refractivity contribution in [2.45, 2.75) is 33.1 Å². The molecule has 0 aromatic heterocycles. The Morgan fingerprint density at radius 2 is 1.95 bits per heavy atom. The number of unbranched alkanes of at least 4 members (excludes halogenated alkanes) is 1. The summed E-state index contributed by atoms with van der Waals surface area (Å²) in [5.74, 6) is 0.117. The maximum atomic E-state index is 12.0. The molecule has 0 bridgehead atoms. The van der Waals surface area contributed by atoms with E-state index in [0.29, 0.717) is 17.1 Å². The molecule has 0 heterocycles. The standard InChI is InChI=1S/C14H23ClN2O2S/c1-3-9-16-10-4-5-11-20(18,19)17-14-12(2)7-6-8-13(14)15/h6-8,16-17H,3-5,9-11H2,1-2H3. The van der Waals surface area contributed by atoms with Gasteiger partial charge in [-0.1, -0.05) is 30.7 Å². The zero-order chi connectivity index (χ0) is 15.0. The van der Waals surface area contributed by atoms with E-state index in [0.717, 1.165) is 31.5 Å². The van der Waals surface area contributed by atoms with Crippen molar-refractivity contribution in [2.75, 3.05) is 23.6 Å². The fourth-order valence-corrected chi connectivity index (χ4v) is 3.40. The summed E-state index contributed by atoms with van der Waals surface area (Å²) in [6.45, 7) is 5.77. The third-order valence-corrected chi connectivity index (χ3v) is 4.58. The molecule has 0 atom stereocenters. The molecule has 0 saturated heterocycles. The van der Waals surface area contributed by atoms with Crippen LogP contribution in [0.5, 0.6) is 0 Å². The van der Waals surface area contributed by atoms with E-state index < -0.39 is 10.0 Å². The molecule has 1 aromatic rings. The number of rotatable bonds is 9. The Morgan fingerprint density at radius 1 is 1.20 bits per heavy atom. The second-order valence-corrected chi connectivity index (χ2v) is 7.06. The highest BCUT2D eigenvalue weighted by atomic mass is 35.5. The van der Waals surface area contributed by atoms with Crippen LogP contribution in [0.1, 0.15) is 31.7 Å². The van der Waals surface area contributed by atoms with E-state index in [9.17, 15) is 8.42 Å². The molecule has 0 amide bonds. The van der Waals surface area contributed by atoms with Gasteiger partial charge in [0.1, 0.15) is 0 Å². The Labute approximate surface area is 127 Å². The molecule has 1 rings (SSSR count). The molecule has 0 unspecified atom stereocenters. The maximum Gasteiger partial charge on any atom is 0.232 e. The molecule has 114 valence electrons. The summed E-state index contributed by atoms with van der Waals surface area (Å²) in [6, 6.07) is 5.31. The first-order valence-corrected chi connectivity index (χ1v) is 8.95. The Bertz CT molecular complexity index is 498. The Hall–Kier alpha value is -0.780. The minimum absolute atomic E-state index is 0.117. The van der Waals surface area contributed by atoms with Gasteiger partial charge >= 0.3 is 0 Å². The summed E-state index contributed by atoms with van der Waals surface area (Å²) in [5.41, 5.74) is 1.31. The minimum Gasteiger partial charge on any atom is -0.317 e. The number of hydrogen-bond donors (Lipinski definition) is 2. The van der Waals surface area contributed by atoms with Crippen LogP contribution in [0.25, 0.3) is 0 Å². The van der Waals surface area contributed by atoms with Gasteiger partial charge in [0.25, 0.3) is 0 Å². The van der Waals surface area contributed by atoms with Crippen LogP contribution in [0.2, 0.25) is 5.02 Å². The normalized spacial score (nSPS) is 11.6. The van der Waals surface area contributed by atoms with E-state index in [4.69, 9.17) is 11.6 Å². The van der Waals surface area contributed by atoms with Crippen LogP contribution >= 0.6 is 11.6 Å². The number of anilines is 1. The molecule has 0 aliphatic carbocycles. The van der Waals surface area contributed by atoms with E-state index in [2.05, 4.69) is 17.0 Å². The summed E-state index contributed by atoms with van der Waals surface area (Å²) < 4.78 is 26.6. The van der Waals surface area contributed by atoms with Gasteiger partial charge in [-0.25, -0.2) is 8.42 Å². The molecule has 0 spiro atoms. The summed E-state index contributed by atoms with van der Waals surface area (Å²) in [5, 5.41) is 3.68. The van der Waals surface area contributed by atoms with E-state index in [1.54, 1.807) is 12.1 Å². The zero-order valence-corrected chi connectivity index (χ0v) is 13.6. The topological polar surface area (TPSA) is 58.2 Å². The highest BCUT2D eigenvalue weighted by Crippen LogP contribution is 2.26. The number of hydrogen-bond acceptors (Lipinski definition) is 3. The maximum absolute atomic E-state index is 12.0. The smallest absolute Gasteiger partial charge is 0.232 e. The van der Waals surface area contributed by atoms with Crippen LogP contribution in [-0.4, -0.2) is 27.3 Å². The lowest BCUT2D eigenvalue weighted by Gasteiger charge is -2.12. The summed E-state index contributed by atoms with van der Waals surface area (Å²) in [4.78, 5) is 0. The number of para-hydroxylation sites is 1. The lowest BCUT2D eigenvalue weighted by atomic mass is 10.2. The van der Waals surface area contributed by atoms with Gasteiger partial charge in [0.2, 0.25) is 10.0 Å². The van der Waals surface area contributed by atoms with Crippen molar-refractivity contribution in [3.05, 3.63) is 28.8 Å². The van der Waals surface area contributed by atoms with E-state index in [1.165, 1.54) is 0 Å². The van der Waals surface area contributed by atoms with E-state index >= 15 is 0 Å². The lowest BCUT2D eigenvalue weighted by Crippen LogP contribution is -2.20. The summed E-state index contributed by atoms with van der Waals surface area (Å²) in [7, 11) is -3.33. The van der Waals surface area contributed by atoms with E-state index in [1.807, 2.05) is 13.0 Å². The fourth-order valence-electron chi connectivity index (χ4n) is 1.81. The van der Waals surface area contributed by atoms with Crippen LogP contribution in [0.3, 0.4) is 0 Å². The van der Waals surface area contributed by atoms with Crippen LogP contribution in [0, 0.1) is 6.92 Å². The molecule has 2 N–H and O–H groups in total. The first kappa shape index (κ1) is 17.3. The molecule has 0 radical (unpaired) electrons. The van der Waals surface area contributed by atoms with Crippen molar-refractivity contribution in [1.82, 2.24) is 5.32 Å². The molecule has 0 saturated carbocycles. The van der Waals surface area contributed by atoms with Gasteiger partial charge in [-0.15, -0.1) is 0 Å². The molecular weight excluding hydrogens is 296 g/mol. The first-order valence-electron chi connectivity index (χ1n) is 6.92. The van der Waals surface area contributed by atoms with Crippen molar-refractivity contribution in [3.63, 3.8) is 0 Å². The van der Waals surface area contributed by atoms with Gasteiger partial charge in [0.05, 0.1) is 16.5 Å². The molecule has 20 heavy (non-hydrogen) atoms. The third-order valence-electron chi connectivity index (χ3n) is 2.92. The Kier molecular flexibility index (Phi) is 7.34. The first-order chi connectivity index (χ1) is 9.46. The van der Waals surface area contributed by atoms with Gasteiger partial charge in [-0.05, 0) is 50.9 Å². The Balaban J connectivity index is 2.46. The molecular formula is C14H23ClN2O2S. The predicted molar refractivity (Wildman–Crippen MR) is 86.0 cm³/mol. The van der Waals surface area contributed by atoms with Crippen LogP contribution in [-0.2, 0) is 10.0 Å². The summed E-state index contributed by atoms with van der Waals surface area (Å²) in [6.07, 6.45) is 2.57. The molecule has 1 aromatic carbocycles. The minimum atomic E-state index is -3.33. The second-order valence-electron chi connectivity index (χ2n) is 4.81. The van der Waals surface area contributed by atoms with Crippen molar-refractivity contribution >= 4 is 27.3 Å². The number of halogens is 1. The Morgan fingerprint density at radius 3 is 2.60 bits per heavy atom. The third kappa shape index (κ3) is 6.11. The molecule has 6 heteroatoms. The highest BCUT2D eigenvalue weighted by molar-refractivity contribution is 7.92. The van der Waals surface area contributed by atoms with Crippen LogP contribution < -0.4 is 10.0 Å². The van der Waals surface area contributed by atoms with Gasteiger partial charge in [0.15, 0.2) is 0 Å². The fraction of sp³-hybridized carbons (Fsp3) is 0.571. The van der Waals surface area contributed by atoms with Gasteiger partial charge < -0.3 is 5.32 Å². The average Bonchev–Trinajstić information content (AvgIpc) is 2.38. The van der Waals surface area contributed by atoms with Crippen molar-refractivity contribution < 1.29 is 8.42 Å². The quantitative estimate of drug-likeness (QED) is 0.688. The number of sulfonamides is 1. The number of nitrogens with one attached hydrogen (secondary N) is 2. The van der Waals surface area contributed by atoms with Crippen molar-refractivity contribution in [2.24, 2.45) is 0 Å². The summed E-state index contributed by atoms with van der Waals surface area (Å²) >= 11 is 6.02. The van der Waals surface area contributed by atoms with Crippen LogP contribution in [0.15, 0.2) is 18.2 Å². The van der Waals surface area contributed by atoms with Gasteiger partial charge in [-0.2, -0.15) is 0 Å². The van der Waals surface area contributed by atoms with Crippen molar-refractivity contribution in [1.29, 1.82) is 0 Å². The van der Waals surface area contributed by atoms with Gasteiger partial charge in [0, 0.05) is 0 Å². The molecule has 0 aliphatic rings. The van der Waals surface area contributed by atoms with Crippen molar-refractivity contribution in [3.8, 4) is 0 Å². The average molecular weight is 319 g/mol. The second kappa shape index (κ2) is 8.49. The monoisotopic (exact) mass is 318 g/mol. The number of aryl methyl sites for hydroxylation is 1. The number of benzene rings is 1. The molecule has 4 nitrogen and oxygen atoms in total.